The van der Waals surface area contributed by atoms with Crippen LogP contribution in [0.25, 0.3) is 0 Å². The summed E-state index contributed by atoms with van der Waals surface area (Å²) < 4.78 is 28.6. The van der Waals surface area contributed by atoms with Crippen molar-refractivity contribution in [2.45, 2.75) is 77.6 Å². The Kier molecular flexibility index (Phi) is 4.66. The van der Waals surface area contributed by atoms with Gasteiger partial charge in [-0.2, -0.15) is 0 Å². The van der Waals surface area contributed by atoms with Crippen molar-refractivity contribution in [1.82, 2.24) is 0 Å². The van der Waals surface area contributed by atoms with E-state index in [1.807, 2.05) is 0 Å². The molecule has 2 unspecified atom stereocenters. The van der Waals surface area contributed by atoms with E-state index in [9.17, 15) is 8.78 Å². The zero-order valence-electron chi connectivity index (χ0n) is 11.9. The van der Waals surface area contributed by atoms with E-state index in [0.717, 1.165) is 57.3 Å². The molecule has 0 N–H and O–H groups in total. The Balaban J connectivity index is 1.93. The van der Waals surface area contributed by atoms with E-state index < -0.39 is 5.92 Å². The average molecular weight is 258 g/mol. The molecule has 0 aliphatic heterocycles. The van der Waals surface area contributed by atoms with E-state index in [2.05, 4.69) is 13.8 Å². The van der Waals surface area contributed by atoms with Crippen molar-refractivity contribution in [3.05, 3.63) is 0 Å². The van der Waals surface area contributed by atoms with Crippen LogP contribution in [-0.4, -0.2) is 5.92 Å². The van der Waals surface area contributed by atoms with Crippen LogP contribution in [0.2, 0.25) is 0 Å². The molecule has 0 bridgehead atoms. The molecule has 2 heteroatoms. The van der Waals surface area contributed by atoms with Gasteiger partial charge in [-0.3, -0.25) is 0 Å². The molecule has 2 atom stereocenters. The molecule has 2 aliphatic carbocycles. The number of alkyl halides is 2. The van der Waals surface area contributed by atoms with E-state index in [1.54, 1.807) is 0 Å². The second-order valence-corrected chi connectivity index (χ2v) is 6.82. The molecule has 2 aliphatic rings. The van der Waals surface area contributed by atoms with Gasteiger partial charge < -0.3 is 0 Å². The molecule has 106 valence electrons. The van der Waals surface area contributed by atoms with Crippen molar-refractivity contribution >= 4 is 0 Å². The van der Waals surface area contributed by atoms with Crippen LogP contribution in [0.3, 0.4) is 0 Å². The monoisotopic (exact) mass is 258 g/mol. The van der Waals surface area contributed by atoms with Gasteiger partial charge in [-0.15, -0.1) is 0 Å². The first-order valence-corrected chi connectivity index (χ1v) is 7.90. The summed E-state index contributed by atoms with van der Waals surface area (Å²) >= 11 is 0. The van der Waals surface area contributed by atoms with Gasteiger partial charge in [-0.05, 0) is 43.4 Å². The van der Waals surface area contributed by atoms with Crippen LogP contribution in [0, 0.1) is 23.7 Å². The van der Waals surface area contributed by atoms with Crippen molar-refractivity contribution in [2.75, 3.05) is 0 Å². The molecule has 0 amide bonds. The Morgan fingerprint density at radius 2 is 1.67 bits per heavy atom. The number of rotatable bonds is 3. The third-order valence-corrected chi connectivity index (χ3v) is 5.32. The second kappa shape index (κ2) is 5.88. The molecule has 18 heavy (non-hydrogen) atoms. The molecule has 0 radical (unpaired) electrons. The smallest absolute Gasteiger partial charge is 0.207 e. The second-order valence-electron chi connectivity index (χ2n) is 6.82. The number of halogens is 2. The predicted molar refractivity (Wildman–Crippen MR) is 71.8 cm³/mol. The topological polar surface area (TPSA) is 0 Å². The van der Waals surface area contributed by atoms with Crippen molar-refractivity contribution in [2.24, 2.45) is 23.7 Å². The van der Waals surface area contributed by atoms with Crippen LogP contribution in [0.1, 0.15) is 71.6 Å². The molecule has 2 fully saturated rings. The van der Waals surface area contributed by atoms with E-state index in [-0.39, 0.29) is 18.3 Å². The fourth-order valence-corrected chi connectivity index (χ4v) is 4.19. The maximum Gasteiger partial charge on any atom is 0.251 e. The maximum absolute atomic E-state index is 14.3. The third kappa shape index (κ3) is 3.24. The maximum atomic E-state index is 14.3. The summed E-state index contributed by atoms with van der Waals surface area (Å²) in [6, 6.07) is 0. The largest absolute Gasteiger partial charge is 0.251 e. The van der Waals surface area contributed by atoms with Crippen LogP contribution in [0.5, 0.6) is 0 Å². The van der Waals surface area contributed by atoms with Gasteiger partial charge in [0, 0.05) is 12.3 Å². The first kappa shape index (κ1) is 14.3. The normalized spacial score (nSPS) is 40.7. The van der Waals surface area contributed by atoms with E-state index in [0.29, 0.717) is 5.92 Å². The number of hydrogen-bond donors (Lipinski definition) is 0. The van der Waals surface area contributed by atoms with Gasteiger partial charge in [0.1, 0.15) is 0 Å². The summed E-state index contributed by atoms with van der Waals surface area (Å²) in [6.45, 7) is 4.36. The summed E-state index contributed by atoms with van der Waals surface area (Å²) in [5, 5.41) is 0. The van der Waals surface area contributed by atoms with Gasteiger partial charge in [0.25, 0.3) is 5.92 Å². The van der Waals surface area contributed by atoms with Crippen molar-refractivity contribution in [3.63, 3.8) is 0 Å². The van der Waals surface area contributed by atoms with Gasteiger partial charge in [0.2, 0.25) is 0 Å². The molecule has 0 nitrogen and oxygen atoms in total. The molecule has 0 aromatic rings. The third-order valence-electron chi connectivity index (χ3n) is 5.32. The summed E-state index contributed by atoms with van der Waals surface area (Å²) in [5.74, 6) is -1.35. The predicted octanol–water partition coefficient (Wildman–Crippen LogP) is 5.66. The first-order chi connectivity index (χ1) is 8.53. The van der Waals surface area contributed by atoms with Gasteiger partial charge in [0.15, 0.2) is 0 Å². The van der Waals surface area contributed by atoms with Crippen LogP contribution >= 0.6 is 0 Å². The van der Waals surface area contributed by atoms with E-state index >= 15 is 0 Å². The summed E-state index contributed by atoms with van der Waals surface area (Å²) in [6.07, 6.45) is 8.43. The van der Waals surface area contributed by atoms with Gasteiger partial charge in [0.05, 0.1) is 0 Å². The van der Waals surface area contributed by atoms with Crippen molar-refractivity contribution < 1.29 is 8.78 Å². The first-order valence-electron chi connectivity index (χ1n) is 7.90. The Morgan fingerprint density at radius 3 is 2.22 bits per heavy atom. The molecular weight excluding hydrogens is 230 g/mol. The average Bonchev–Trinajstić information content (AvgIpc) is 2.30. The molecule has 2 saturated carbocycles. The minimum atomic E-state index is -2.39. The molecule has 0 saturated heterocycles. The van der Waals surface area contributed by atoms with Crippen LogP contribution < -0.4 is 0 Å². The zero-order chi connectivity index (χ0) is 13.2. The molecule has 0 aromatic heterocycles. The van der Waals surface area contributed by atoms with E-state index in [1.165, 1.54) is 0 Å². The lowest BCUT2D eigenvalue weighted by atomic mass is 9.67. The molecule has 0 aromatic carbocycles. The molecule has 0 spiro atoms. The molecule has 0 heterocycles. The SMILES string of the molecule is CCCC1CCC(C2CCC(C)CC2)C(F)(F)C1. The number of hydrogen-bond acceptors (Lipinski definition) is 0. The lowest BCUT2D eigenvalue weighted by molar-refractivity contribution is -0.128. The minimum absolute atomic E-state index is 0.164. The van der Waals surface area contributed by atoms with E-state index in [4.69, 9.17) is 0 Å². The Hall–Kier alpha value is -0.140. The van der Waals surface area contributed by atoms with Gasteiger partial charge in [-0.25, -0.2) is 8.78 Å². The Bertz CT molecular complexity index is 254. The highest BCUT2D eigenvalue weighted by atomic mass is 19.3. The lowest BCUT2D eigenvalue weighted by Gasteiger charge is -2.42. The minimum Gasteiger partial charge on any atom is -0.207 e. The fourth-order valence-electron chi connectivity index (χ4n) is 4.19. The van der Waals surface area contributed by atoms with Crippen LogP contribution in [0.15, 0.2) is 0 Å². The standard InChI is InChI=1S/C16H28F2/c1-3-4-13-7-10-15(16(17,18)11-13)14-8-5-12(2)6-9-14/h12-15H,3-11H2,1-2H3. The highest BCUT2D eigenvalue weighted by molar-refractivity contribution is 4.91. The molecule has 2 rings (SSSR count). The van der Waals surface area contributed by atoms with Crippen molar-refractivity contribution in [3.8, 4) is 0 Å². The summed E-state index contributed by atoms with van der Waals surface area (Å²) in [7, 11) is 0. The van der Waals surface area contributed by atoms with Crippen LogP contribution in [-0.2, 0) is 0 Å². The van der Waals surface area contributed by atoms with Crippen LogP contribution in [0.4, 0.5) is 8.78 Å². The lowest BCUT2D eigenvalue weighted by Crippen LogP contribution is -2.41. The molecular formula is C16H28F2. The zero-order valence-corrected chi connectivity index (χ0v) is 11.9. The van der Waals surface area contributed by atoms with Gasteiger partial charge >= 0.3 is 0 Å². The van der Waals surface area contributed by atoms with Crippen molar-refractivity contribution in [1.29, 1.82) is 0 Å². The highest BCUT2D eigenvalue weighted by Gasteiger charge is 2.48. The summed E-state index contributed by atoms with van der Waals surface area (Å²) in [5.41, 5.74) is 0. The fraction of sp³-hybridized carbons (Fsp3) is 1.00. The Labute approximate surface area is 111 Å². The highest BCUT2D eigenvalue weighted by Crippen LogP contribution is 2.49. The summed E-state index contributed by atoms with van der Waals surface area (Å²) in [4.78, 5) is 0. The Morgan fingerprint density at radius 1 is 1.00 bits per heavy atom. The van der Waals surface area contributed by atoms with Gasteiger partial charge in [-0.1, -0.05) is 39.5 Å². The quantitative estimate of drug-likeness (QED) is 0.612.